The highest BCUT2D eigenvalue weighted by molar-refractivity contribution is 4.44. The molecule has 46 valence electrons. The Hall–Kier alpha value is -0.200. The van der Waals surface area contributed by atoms with E-state index in [9.17, 15) is 0 Å². The van der Waals surface area contributed by atoms with E-state index in [4.69, 9.17) is 4.74 Å². The molecule has 1 spiro atoms. The summed E-state index contributed by atoms with van der Waals surface area (Å²) >= 11 is 0. The number of rotatable bonds is 0. The molecular formula is C3H4O5. The lowest BCUT2D eigenvalue weighted by atomic mass is 10.8. The summed E-state index contributed by atoms with van der Waals surface area (Å²) in [5.74, 6) is 0. The molecule has 0 N–H and O–H groups in total. The van der Waals surface area contributed by atoms with E-state index in [1.165, 1.54) is 0 Å². The van der Waals surface area contributed by atoms with Crippen LogP contribution in [0.25, 0.3) is 0 Å². The molecule has 2 aliphatic rings. The second-order valence-electron chi connectivity index (χ2n) is 1.42. The van der Waals surface area contributed by atoms with Gasteiger partial charge < -0.3 is 0 Å². The van der Waals surface area contributed by atoms with Gasteiger partial charge in [-0.3, -0.25) is 4.74 Å². The molecule has 0 atom stereocenters. The van der Waals surface area contributed by atoms with Crippen LogP contribution in [0.4, 0.5) is 0 Å². The highest BCUT2D eigenvalue weighted by Crippen LogP contribution is 2.34. The van der Waals surface area contributed by atoms with Crippen LogP contribution in [-0.2, 0) is 24.3 Å². The molecular weight excluding hydrogens is 116 g/mol. The van der Waals surface area contributed by atoms with Crippen molar-refractivity contribution in [2.24, 2.45) is 0 Å². The van der Waals surface area contributed by atoms with Gasteiger partial charge in [0.25, 0.3) is 0 Å². The Labute approximate surface area is 44.9 Å². The number of ether oxygens (including phenoxy) is 1. The Morgan fingerprint density at radius 1 is 1.00 bits per heavy atom. The molecule has 5 nitrogen and oxygen atoms in total. The summed E-state index contributed by atoms with van der Waals surface area (Å²) in [5, 5.41) is 0. The smallest absolute Gasteiger partial charge is 0.295 e. The lowest BCUT2D eigenvalue weighted by Crippen LogP contribution is -2.28. The maximum atomic E-state index is 4.78. The summed E-state index contributed by atoms with van der Waals surface area (Å²) in [6, 6.07) is 0. The summed E-state index contributed by atoms with van der Waals surface area (Å²) in [7, 11) is 0. The van der Waals surface area contributed by atoms with Crippen molar-refractivity contribution >= 4 is 0 Å². The van der Waals surface area contributed by atoms with Crippen LogP contribution in [-0.4, -0.2) is 19.4 Å². The molecule has 0 unspecified atom stereocenters. The van der Waals surface area contributed by atoms with Crippen LogP contribution in [0, 0.1) is 0 Å². The van der Waals surface area contributed by atoms with E-state index >= 15 is 0 Å². The van der Waals surface area contributed by atoms with Gasteiger partial charge in [-0.1, -0.05) is 0 Å². The Balaban J connectivity index is 1.95. The van der Waals surface area contributed by atoms with Crippen LogP contribution in [0.3, 0.4) is 0 Å². The fourth-order valence-electron chi connectivity index (χ4n) is 0.448. The van der Waals surface area contributed by atoms with Gasteiger partial charge in [-0.25, -0.2) is 4.89 Å². The molecule has 2 rings (SSSR count). The van der Waals surface area contributed by atoms with E-state index in [1.807, 2.05) is 0 Å². The van der Waals surface area contributed by atoms with Gasteiger partial charge in [0.1, 0.15) is 6.61 Å². The van der Waals surface area contributed by atoms with Crippen molar-refractivity contribution in [1.82, 2.24) is 0 Å². The van der Waals surface area contributed by atoms with Gasteiger partial charge in [0.15, 0.2) is 0 Å². The van der Waals surface area contributed by atoms with E-state index in [1.54, 1.807) is 0 Å². The predicted octanol–water partition coefficient (Wildman–Crippen LogP) is -0.462. The first-order valence-corrected chi connectivity index (χ1v) is 2.23. The molecule has 2 fully saturated rings. The standard InChI is InChI=1S/C3H4O5/c1-2-5-6-3(4-1)7-8-3/h1-2H2. The van der Waals surface area contributed by atoms with Crippen molar-refractivity contribution in [3.63, 3.8) is 0 Å². The van der Waals surface area contributed by atoms with Crippen molar-refractivity contribution in [2.75, 3.05) is 13.2 Å². The molecule has 0 radical (unpaired) electrons. The average molecular weight is 120 g/mol. The minimum Gasteiger partial charge on any atom is -0.295 e. The zero-order chi connectivity index (χ0) is 5.45. The maximum Gasteiger partial charge on any atom is 0.493 e. The molecule has 2 heterocycles. The number of hydrogen-bond acceptors (Lipinski definition) is 5. The molecule has 0 aliphatic carbocycles. The van der Waals surface area contributed by atoms with Gasteiger partial charge in [-0.2, -0.15) is 0 Å². The van der Waals surface area contributed by atoms with Crippen LogP contribution in [0.1, 0.15) is 0 Å². The summed E-state index contributed by atoms with van der Waals surface area (Å²) in [6.07, 6.45) is -1.29. The molecule has 0 saturated carbocycles. The fraction of sp³-hybridized carbons (Fsp3) is 1.00. The molecule has 2 aliphatic heterocycles. The minimum absolute atomic E-state index is 0.411. The average Bonchev–Trinajstić information content (AvgIpc) is 2.52. The molecule has 0 aromatic heterocycles. The summed E-state index contributed by atoms with van der Waals surface area (Å²) in [5.41, 5.74) is 0. The zero-order valence-electron chi connectivity index (χ0n) is 3.96. The first kappa shape index (κ1) is 4.66. The van der Waals surface area contributed by atoms with E-state index in [2.05, 4.69) is 19.6 Å². The molecule has 8 heavy (non-hydrogen) atoms. The molecule has 2 saturated heterocycles. The lowest BCUT2D eigenvalue weighted by Gasteiger charge is -2.12. The van der Waals surface area contributed by atoms with Gasteiger partial charge in [0.05, 0.1) is 6.61 Å². The Morgan fingerprint density at radius 2 is 1.88 bits per heavy atom. The topological polar surface area (TPSA) is 52.8 Å². The van der Waals surface area contributed by atoms with Gasteiger partial charge in [-0.05, 0) is 0 Å². The monoisotopic (exact) mass is 120 g/mol. The first-order valence-electron chi connectivity index (χ1n) is 2.23. The molecule has 0 bridgehead atoms. The minimum atomic E-state index is -1.29. The molecule has 0 aromatic carbocycles. The maximum absolute atomic E-state index is 4.78. The van der Waals surface area contributed by atoms with Crippen LogP contribution >= 0.6 is 0 Å². The third-order valence-corrected chi connectivity index (χ3v) is 0.826. The van der Waals surface area contributed by atoms with Crippen molar-refractivity contribution in [2.45, 2.75) is 6.16 Å². The van der Waals surface area contributed by atoms with Crippen LogP contribution in [0.2, 0.25) is 0 Å². The summed E-state index contributed by atoms with van der Waals surface area (Å²) in [4.78, 5) is 17.4. The van der Waals surface area contributed by atoms with Crippen LogP contribution in [0.15, 0.2) is 0 Å². The second kappa shape index (κ2) is 1.40. The largest absolute Gasteiger partial charge is 0.493 e. The quantitative estimate of drug-likeness (QED) is 0.319. The fourth-order valence-corrected chi connectivity index (χ4v) is 0.448. The SMILES string of the molecule is C1COC2(OO1)OO2. The van der Waals surface area contributed by atoms with Crippen molar-refractivity contribution in [3.8, 4) is 0 Å². The zero-order valence-corrected chi connectivity index (χ0v) is 3.96. The Kier molecular flexibility index (Phi) is 0.813. The van der Waals surface area contributed by atoms with Gasteiger partial charge >= 0.3 is 6.16 Å². The van der Waals surface area contributed by atoms with Crippen molar-refractivity contribution in [1.29, 1.82) is 0 Å². The van der Waals surface area contributed by atoms with E-state index in [-0.39, 0.29) is 0 Å². The highest BCUT2D eigenvalue weighted by atomic mass is 17.6. The second-order valence-corrected chi connectivity index (χ2v) is 1.42. The van der Waals surface area contributed by atoms with Crippen molar-refractivity contribution < 1.29 is 24.3 Å². The normalized spacial score (nSPS) is 33.0. The van der Waals surface area contributed by atoms with Gasteiger partial charge in [0, 0.05) is 0 Å². The molecule has 0 aromatic rings. The predicted molar refractivity (Wildman–Crippen MR) is 17.9 cm³/mol. The molecule has 0 amide bonds. The Bertz CT molecular complexity index is 89.8. The van der Waals surface area contributed by atoms with E-state index < -0.39 is 6.16 Å². The first-order chi connectivity index (χ1) is 3.91. The molecule has 5 heteroatoms. The van der Waals surface area contributed by atoms with Gasteiger partial charge in [0.2, 0.25) is 0 Å². The Morgan fingerprint density at radius 3 is 2.25 bits per heavy atom. The van der Waals surface area contributed by atoms with Crippen molar-refractivity contribution in [3.05, 3.63) is 0 Å². The summed E-state index contributed by atoms with van der Waals surface area (Å²) in [6.45, 7) is 0.842. The van der Waals surface area contributed by atoms with E-state index in [0.29, 0.717) is 13.2 Å². The van der Waals surface area contributed by atoms with Crippen LogP contribution in [0.5, 0.6) is 0 Å². The summed E-state index contributed by atoms with van der Waals surface area (Å²) < 4.78 is 4.78. The highest BCUT2D eigenvalue weighted by Gasteiger charge is 2.57. The third-order valence-electron chi connectivity index (χ3n) is 0.826. The van der Waals surface area contributed by atoms with Crippen LogP contribution < -0.4 is 0 Å². The van der Waals surface area contributed by atoms with Gasteiger partial charge in [-0.15, -0.1) is 14.7 Å². The number of hydrogen-bond donors (Lipinski definition) is 0. The third kappa shape index (κ3) is 0.610. The lowest BCUT2D eigenvalue weighted by molar-refractivity contribution is -0.470. The van der Waals surface area contributed by atoms with E-state index in [0.717, 1.165) is 0 Å².